The molecule has 1 atom stereocenters. The van der Waals surface area contributed by atoms with Crippen molar-refractivity contribution in [3.05, 3.63) is 0 Å². The Morgan fingerprint density at radius 2 is 2.07 bits per heavy atom. The van der Waals surface area contributed by atoms with Gasteiger partial charge in [-0.1, -0.05) is 20.8 Å². The molecule has 0 saturated heterocycles. The van der Waals surface area contributed by atoms with Crippen LogP contribution in [0.1, 0.15) is 34.1 Å². The fourth-order valence-corrected chi connectivity index (χ4v) is 1.42. The van der Waals surface area contributed by atoms with Crippen LogP contribution in [0.2, 0.25) is 0 Å². The first kappa shape index (κ1) is 13.8. The molecule has 0 aromatic heterocycles. The van der Waals surface area contributed by atoms with Crippen molar-refractivity contribution in [2.24, 2.45) is 0 Å². The summed E-state index contributed by atoms with van der Waals surface area (Å²) < 4.78 is 0.127. The standard InChI is InChI=1S/C10H21NO2S/c1-8(12)5-6-11-9(13)7-14-10(2,3)4/h8,12H,5-7H2,1-4H3,(H,11,13). The number of hydrogen-bond acceptors (Lipinski definition) is 3. The first-order valence-corrected chi connectivity index (χ1v) is 5.88. The minimum Gasteiger partial charge on any atom is -0.393 e. The molecule has 0 aromatic rings. The maximum atomic E-state index is 11.3. The lowest BCUT2D eigenvalue weighted by atomic mass is 10.3. The van der Waals surface area contributed by atoms with Gasteiger partial charge in [-0.05, 0) is 13.3 Å². The number of hydrogen-bond donors (Lipinski definition) is 2. The highest BCUT2D eigenvalue weighted by Crippen LogP contribution is 2.22. The van der Waals surface area contributed by atoms with Crippen LogP contribution in [-0.2, 0) is 4.79 Å². The molecule has 0 aliphatic rings. The summed E-state index contributed by atoms with van der Waals surface area (Å²) in [4.78, 5) is 11.3. The minimum absolute atomic E-state index is 0.0468. The first-order chi connectivity index (χ1) is 6.31. The van der Waals surface area contributed by atoms with Crippen LogP contribution in [0.15, 0.2) is 0 Å². The zero-order valence-corrected chi connectivity index (χ0v) is 10.3. The zero-order valence-electron chi connectivity index (χ0n) is 9.46. The molecule has 0 fully saturated rings. The van der Waals surface area contributed by atoms with Crippen LogP contribution in [-0.4, -0.2) is 34.2 Å². The number of carbonyl (C=O) groups excluding carboxylic acids is 1. The van der Waals surface area contributed by atoms with E-state index in [1.807, 2.05) is 0 Å². The van der Waals surface area contributed by atoms with E-state index in [4.69, 9.17) is 5.11 Å². The summed E-state index contributed by atoms with van der Waals surface area (Å²) in [7, 11) is 0. The summed E-state index contributed by atoms with van der Waals surface area (Å²) in [6.07, 6.45) is 0.275. The molecule has 0 aliphatic carbocycles. The number of nitrogens with one attached hydrogen (secondary N) is 1. The number of amides is 1. The molecule has 1 amide bonds. The van der Waals surface area contributed by atoms with Crippen LogP contribution >= 0.6 is 11.8 Å². The Morgan fingerprint density at radius 3 is 2.50 bits per heavy atom. The van der Waals surface area contributed by atoms with Crippen LogP contribution in [0.3, 0.4) is 0 Å². The third-order valence-corrected chi connectivity index (χ3v) is 2.79. The molecule has 0 radical (unpaired) electrons. The second kappa shape index (κ2) is 6.30. The zero-order chi connectivity index (χ0) is 11.2. The SMILES string of the molecule is CC(O)CCNC(=O)CSC(C)(C)C. The molecule has 0 aromatic carbocycles. The minimum atomic E-state index is -0.342. The first-order valence-electron chi connectivity index (χ1n) is 4.90. The van der Waals surface area contributed by atoms with Gasteiger partial charge in [0, 0.05) is 11.3 Å². The van der Waals surface area contributed by atoms with Gasteiger partial charge in [-0.15, -0.1) is 11.8 Å². The number of carbonyl (C=O) groups is 1. The third-order valence-electron chi connectivity index (χ3n) is 1.52. The normalized spacial score (nSPS) is 13.8. The molecule has 0 saturated carbocycles. The molecule has 2 N–H and O–H groups in total. The average Bonchev–Trinajstić information content (AvgIpc) is 1.99. The lowest BCUT2D eigenvalue weighted by Crippen LogP contribution is -2.29. The number of aliphatic hydroxyl groups excluding tert-OH is 1. The van der Waals surface area contributed by atoms with Gasteiger partial charge in [0.1, 0.15) is 0 Å². The van der Waals surface area contributed by atoms with Gasteiger partial charge in [-0.25, -0.2) is 0 Å². The highest BCUT2D eigenvalue weighted by molar-refractivity contribution is 8.01. The monoisotopic (exact) mass is 219 g/mol. The topological polar surface area (TPSA) is 49.3 Å². The Morgan fingerprint density at radius 1 is 1.50 bits per heavy atom. The van der Waals surface area contributed by atoms with E-state index >= 15 is 0 Å². The highest BCUT2D eigenvalue weighted by atomic mass is 32.2. The van der Waals surface area contributed by atoms with Crippen molar-refractivity contribution in [2.45, 2.75) is 45.0 Å². The molecule has 0 spiro atoms. The van der Waals surface area contributed by atoms with Gasteiger partial charge in [0.05, 0.1) is 11.9 Å². The van der Waals surface area contributed by atoms with E-state index in [0.717, 1.165) is 0 Å². The molecule has 0 rings (SSSR count). The van der Waals surface area contributed by atoms with E-state index in [-0.39, 0.29) is 16.8 Å². The van der Waals surface area contributed by atoms with Gasteiger partial charge in [0.25, 0.3) is 0 Å². The van der Waals surface area contributed by atoms with Gasteiger partial charge in [-0.2, -0.15) is 0 Å². The second-order valence-corrected chi connectivity index (χ2v) is 6.19. The summed E-state index contributed by atoms with van der Waals surface area (Å²) in [6.45, 7) is 8.53. The van der Waals surface area contributed by atoms with Crippen LogP contribution in [0.5, 0.6) is 0 Å². The number of rotatable bonds is 5. The second-order valence-electron chi connectivity index (χ2n) is 4.39. The van der Waals surface area contributed by atoms with Gasteiger partial charge in [-0.3, -0.25) is 4.79 Å². The average molecular weight is 219 g/mol. The fourth-order valence-electron chi connectivity index (χ4n) is 0.754. The van der Waals surface area contributed by atoms with Crippen molar-refractivity contribution in [3.8, 4) is 0 Å². The van der Waals surface area contributed by atoms with Crippen molar-refractivity contribution < 1.29 is 9.90 Å². The van der Waals surface area contributed by atoms with Crippen molar-refractivity contribution in [1.82, 2.24) is 5.32 Å². The summed E-state index contributed by atoms with van der Waals surface area (Å²) in [5, 5.41) is 11.7. The lowest BCUT2D eigenvalue weighted by molar-refractivity contribution is -0.118. The van der Waals surface area contributed by atoms with E-state index in [9.17, 15) is 4.79 Å². The molecule has 14 heavy (non-hydrogen) atoms. The molecule has 4 heteroatoms. The summed E-state index contributed by atoms with van der Waals surface area (Å²) in [5.74, 6) is 0.536. The Kier molecular flexibility index (Phi) is 6.20. The lowest BCUT2D eigenvalue weighted by Gasteiger charge is -2.17. The van der Waals surface area contributed by atoms with Crippen LogP contribution in [0.25, 0.3) is 0 Å². The van der Waals surface area contributed by atoms with Gasteiger partial charge in [0.15, 0.2) is 0 Å². The maximum absolute atomic E-state index is 11.3. The molecule has 0 bridgehead atoms. The summed E-state index contributed by atoms with van der Waals surface area (Å²) in [5.41, 5.74) is 0. The van der Waals surface area contributed by atoms with Crippen molar-refractivity contribution in [3.63, 3.8) is 0 Å². The molecule has 3 nitrogen and oxygen atoms in total. The molecular formula is C10H21NO2S. The summed E-state index contributed by atoms with van der Waals surface area (Å²) >= 11 is 1.63. The van der Waals surface area contributed by atoms with Crippen LogP contribution in [0, 0.1) is 0 Å². The van der Waals surface area contributed by atoms with Crippen molar-refractivity contribution in [1.29, 1.82) is 0 Å². The van der Waals surface area contributed by atoms with Crippen molar-refractivity contribution in [2.75, 3.05) is 12.3 Å². The molecule has 1 unspecified atom stereocenters. The Balaban J connectivity index is 3.47. The van der Waals surface area contributed by atoms with Crippen molar-refractivity contribution >= 4 is 17.7 Å². The predicted octanol–water partition coefficient (Wildman–Crippen LogP) is 1.41. The largest absolute Gasteiger partial charge is 0.393 e. The van der Waals surface area contributed by atoms with E-state index in [1.54, 1.807) is 18.7 Å². The van der Waals surface area contributed by atoms with E-state index in [0.29, 0.717) is 18.7 Å². The predicted molar refractivity (Wildman–Crippen MR) is 61.5 cm³/mol. The van der Waals surface area contributed by atoms with Gasteiger partial charge in [0.2, 0.25) is 5.91 Å². The fraction of sp³-hybridized carbons (Fsp3) is 0.900. The smallest absolute Gasteiger partial charge is 0.230 e. The number of aliphatic hydroxyl groups is 1. The van der Waals surface area contributed by atoms with E-state index in [1.165, 1.54) is 0 Å². The molecule has 0 heterocycles. The van der Waals surface area contributed by atoms with E-state index < -0.39 is 0 Å². The van der Waals surface area contributed by atoms with Gasteiger partial charge < -0.3 is 10.4 Å². The third kappa shape index (κ3) is 9.86. The van der Waals surface area contributed by atoms with Crippen LogP contribution < -0.4 is 5.32 Å². The molecular weight excluding hydrogens is 198 g/mol. The Labute approximate surface area is 90.7 Å². The van der Waals surface area contributed by atoms with Gasteiger partial charge >= 0.3 is 0 Å². The Hall–Kier alpha value is -0.220. The maximum Gasteiger partial charge on any atom is 0.230 e. The summed E-state index contributed by atoms with van der Waals surface area (Å²) in [6, 6.07) is 0. The quantitative estimate of drug-likeness (QED) is 0.735. The van der Waals surface area contributed by atoms with E-state index in [2.05, 4.69) is 26.1 Å². The highest BCUT2D eigenvalue weighted by Gasteiger charge is 2.12. The molecule has 0 aliphatic heterocycles. The van der Waals surface area contributed by atoms with Crippen LogP contribution in [0.4, 0.5) is 0 Å². The number of thioether (sulfide) groups is 1. The molecule has 84 valence electrons. The Bertz CT molecular complexity index is 175.